The second-order valence-electron chi connectivity index (χ2n) is 5.74. The minimum atomic E-state index is -0.932. The van der Waals surface area contributed by atoms with E-state index in [1.165, 1.54) is 25.1 Å². The normalized spacial score (nSPS) is 20.5. The zero-order chi connectivity index (χ0) is 17.4. The summed E-state index contributed by atoms with van der Waals surface area (Å²) in [6.45, 7) is 1.22. The number of nitrogens with zero attached hydrogens (tertiary/aromatic N) is 2. The van der Waals surface area contributed by atoms with Crippen molar-refractivity contribution in [2.45, 2.75) is 32.2 Å². The molecule has 0 spiro atoms. The summed E-state index contributed by atoms with van der Waals surface area (Å²) in [6, 6.07) is 4.13. The molecule has 1 aromatic rings. The number of urea groups is 1. The molecule has 1 atom stereocenters. The van der Waals surface area contributed by atoms with Crippen LogP contribution in [0, 0.1) is 10.1 Å². The summed E-state index contributed by atoms with van der Waals surface area (Å²) in [4.78, 5) is 48.2. The number of Topliss-reactive ketones (excluding diaryl/α,β-unsaturated/α-hetero) is 1. The molecule has 0 fully saturated rings. The molecule has 0 radical (unpaired) electrons. The van der Waals surface area contributed by atoms with Crippen LogP contribution in [0.25, 0.3) is 0 Å². The maximum Gasteiger partial charge on any atom is 0.329 e. The number of rotatable bonds is 2. The second kappa shape index (κ2) is 5.88. The standard InChI is InChI=1S/C16H15N3O5/c1-9(20)18-15(10-4-2-5-11(8-10)19(23)24)14-12(17-16(18)22)6-3-7-13(14)21/h2,4-5,8,15H,3,6-7H2,1H3,(H,17,22)/t15-/m0/s1. The first-order chi connectivity index (χ1) is 11.4. The number of allylic oxidation sites excluding steroid dienone is 1. The van der Waals surface area contributed by atoms with E-state index in [-0.39, 0.29) is 11.5 Å². The number of nitro benzene ring substituents is 1. The number of nitrogens with one attached hydrogen (secondary N) is 1. The summed E-state index contributed by atoms with van der Waals surface area (Å²) in [5.41, 5.74) is 1.06. The fourth-order valence-electron chi connectivity index (χ4n) is 3.20. The zero-order valence-electron chi connectivity index (χ0n) is 12.9. The summed E-state index contributed by atoms with van der Waals surface area (Å²) >= 11 is 0. The second-order valence-corrected chi connectivity index (χ2v) is 5.74. The minimum absolute atomic E-state index is 0.154. The lowest BCUT2D eigenvalue weighted by Crippen LogP contribution is -2.51. The molecule has 0 saturated heterocycles. The van der Waals surface area contributed by atoms with Gasteiger partial charge in [0.25, 0.3) is 5.69 Å². The van der Waals surface area contributed by atoms with Crippen LogP contribution in [0.5, 0.6) is 0 Å². The Morgan fingerprint density at radius 3 is 2.75 bits per heavy atom. The van der Waals surface area contributed by atoms with Crippen LogP contribution in [0.2, 0.25) is 0 Å². The van der Waals surface area contributed by atoms with E-state index in [2.05, 4.69) is 5.32 Å². The van der Waals surface area contributed by atoms with Crippen LogP contribution in [0.3, 0.4) is 0 Å². The average Bonchev–Trinajstić information content (AvgIpc) is 2.53. The molecule has 3 rings (SSSR count). The van der Waals surface area contributed by atoms with E-state index < -0.39 is 22.9 Å². The third-order valence-electron chi connectivity index (χ3n) is 4.20. The van der Waals surface area contributed by atoms with Gasteiger partial charge >= 0.3 is 6.03 Å². The lowest BCUT2D eigenvalue weighted by molar-refractivity contribution is -0.384. The Morgan fingerprint density at radius 1 is 1.33 bits per heavy atom. The molecule has 1 aromatic carbocycles. The van der Waals surface area contributed by atoms with Crippen molar-refractivity contribution in [3.8, 4) is 0 Å². The fourth-order valence-corrected chi connectivity index (χ4v) is 3.20. The van der Waals surface area contributed by atoms with Crippen molar-refractivity contribution in [2.75, 3.05) is 0 Å². The van der Waals surface area contributed by atoms with E-state index in [0.717, 1.165) is 4.90 Å². The smallest absolute Gasteiger partial charge is 0.311 e. The van der Waals surface area contributed by atoms with E-state index in [1.54, 1.807) is 6.07 Å². The minimum Gasteiger partial charge on any atom is -0.311 e. The molecular formula is C16H15N3O5. The topological polar surface area (TPSA) is 110 Å². The molecule has 3 amide bonds. The molecular weight excluding hydrogens is 314 g/mol. The van der Waals surface area contributed by atoms with Crippen LogP contribution in [-0.2, 0) is 9.59 Å². The highest BCUT2D eigenvalue weighted by atomic mass is 16.6. The number of imide groups is 1. The van der Waals surface area contributed by atoms with Crippen molar-refractivity contribution >= 4 is 23.4 Å². The van der Waals surface area contributed by atoms with Gasteiger partial charge in [-0.25, -0.2) is 4.79 Å². The van der Waals surface area contributed by atoms with Gasteiger partial charge in [-0.15, -0.1) is 0 Å². The number of benzene rings is 1. The Morgan fingerprint density at radius 2 is 2.08 bits per heavy atom. The number of carbonyl (C=O) groups is 3. The Balaban J connectivity index is 2.20. The van der Waals surface area contributed by atoms with Crippen molar-refractivity contribution in [3.63, 3.8) is 0 Å². The predicted octanol–water partition coefficient (Wildman–Crippen LogP) is 2.21. The lowest BCUT2D eigenvalue weighted by Gasteiger charge is -2.38. The van der Waals surface area contributed by atoms with E-state index in [0.29, 0.717) is 36.1 Å². The van der Waals surface area contributed by atoms with Gasteiger partial charge in [0.2, 0.25) is 5.91 Å². The van der Waals surface area contributed by atoms with Crippen LogP contribution >= 0.6 is 0 Å². The SMILES string of the molecule is CC(=O)N1C(=O)NC2=C(C(=O)CCC2)[C@@H]1c1cccc([N+](=O)[O-])c1. The monoisotopic (exact) mass is 329 g/mol. The van der Waals surface area contributed by atoms with Crippen molar-refractivity contribution < 1.29 is 19.3 Å². The molecule has 2 aliphatic rings. The largest absolute Gasteiger partial charge is 0.329 e. The highest BCUT2D eigenvalue weighted by Gasteiger charge is 2.42. The molecule has 1 heterocycles. The van der Waals surface area contributed by atoms with Crippen molar-refractivity contribution in [2.24, 2.45) is 0 Å². The van der Waals surface area contributed by atoms with E-state index in [1.807, 2.05) is 0 Å². The van der Waals surface area contributed by atoms with Gasteiger partial charge in [0.05, 0.1) is 11.0 Å². The number of amides is 3. The molecule has 1 N–H and O–H groups in total. The number of carbonyl (C=O) groups excluding carboxylic acids is 3. The van der Waals surface area contributed by atoms with Gasteiger partial charge < -0.3 is 5.32 Å². The molecule has 0 unspecified atom stereocenters. The summed E-state index contributed by atoms with van der Waals surface area (Å²) in [7, 11) is 0. The molecule has 1 aliphatic heterocycles. The van der Waals surface area contributed by atoms with Crippen LogP contribution in [0.4, 0.5) is 10.5 Å². The van der Waals surface area contributed by atoms with Gasteiger partial charge in [-0.05, 0) is 18.4 Å². The number of ketones is 1. The maximum absolute atomic E-state index is 12.4. The molecule has 24 heavy (non-hydrogen) atoms. The lowest BCUT2D eigenvalue weighted by atomic mass is 9.84. The number of hydrogen-bond acceptors (Lipinski definition) is 5. The van der Waals surface area contributed by atoms with E-state index >= 15 is 0 Å². The summed E-state index contributed by atoms with van der Waals surface area (Å²) in [5.74, 6) is -0.687. The number of non-ortho nitro benzene ring substituents is 1. The zero-order valence-corrected chi connectivity index (χ0v) is 12.9. The van der Waals surface area contributed by atoms with Gasteiger partial charge in [0.1, 0.15) is 0 Å². The third-order valence-corrected chi connectivity index (χ3v) is 4.20. The van der Waals surface area contributed by atoms with Gasteiger partial charge in [0, 0.05) is 36.7 Å². The van der Waals surface area contributed by atoms with E-state index in [9.17, 15) is 24.5 Å². The summed E-state index contributed by atoms with van der Waals surface area (Å²) in [5, 5.41) is 13.6. The Labute approximate surface area is 137 Å². The molecule has 0 aromatic heterocycles. The van der Waals surface area contributed by atoms with Crippen LogP contribution in [-0.4, -0.2) is 27.5 Å². The highest BCUT2D eigenvalue weighted by Crippen LogP contribution is 2.39. The van der Waals surface area contributed by atoms with Crippen LogP contribution in [0.15, 0.2) is 35.5 Å². The average molecular weight is 329 g/mol. The van der Waals surface area contributed by atoms with Crippen molar-refractivity contribution in [1.29, 1.82) is 0 Å². The quantitative estimate of drug-likeness (QED) is 0.661. The van der Waals surface area contributed by atoms with Crippen molar-refractivity contribution in [1.82, 2.24) is 10.2 Å². The molecule has 8 heteroatoms. The number of nitro groups is 1. The van der Waals surface area contributed by atoms with Gasteiger partial charge in [0.15, 0.2) is 5.78 Å². The molecule has 0 saturated carbocycles. The first kappa shape index (κ1) is 15.9. The number of hydrogen-bond donors (Lipinski definition) is 1. The highest BCUT2D eigenvalue weighted by molar-refractivity contribution is 6.04. The van der Waals surface area contributed by atoms with Crippen LogP contribution in [0.1, 0.15) is 37.8 Å². The third kappa shape index (κ3) is 2.55. The van der Waals surface area contributed by atoms with Gasteiger partial charge in [-0.3, -0.25) is 24.6 Å². The first-order valence-electron chi connectivity index (χ1n) is 7.51. The Hall–Kier alpha value is -3.03. The van der Waals surface area contributed by atoms with Gasteiger partial charge in [-0.1, -0.05) is 12.1 Å². The van der Waals surface area contributed by atoms with Crippen LogP contribution < -0.4 is 5.32 Å². The Bertz CT molecular complexity index is 799. The predicted molar refractivity (Wildman–Crippen MR) is 82.8 cm³/mol. The molecule has 124 valence electrons. The van der Waals surface area contributed by atoms with Gasteiger partial charge in [-0.2, -0.15) is 0 Å². The molecule has 0 bridgehead atoms. The Kier molecular flexibility index (Phi) is 3.88. The maximum atomic E-state index is 12.4. The molecule has 8 nitrogen and oxygen atoms in total. The summed E-state index contributed by atoms with van der Waals surface area (Å²) < 4.78 is 0. The van der Waals surface area contributed by atoms with E-state index in [4.69, 9.17) is 0 Å². The molecule has 1 aliphatic carbocycles. The fraction of sp³-hybridized carbons (Fsp3) is 0.312. The summed E-state index contributed by atoms with van der Waals surface area (Å²) in [6.07, 6.45) is 1.48. The first-order valence-corrected chi connectivity index (χ1v) is 7.51. The van der Waals surface area contributed by atoms with Crippen molar-refractivity contribution in [3.05, 3.63) is 51.2 Å².